The molecule has 7 nitrogen and oxygen atoms in total. The Labute approximate surface area is 174 Å². The zero-order valence-corrected chi connectivity index (χ0v) is 18.3. The van der Waals surface area contributed by atoms with Crippen LogP contribution in [-0.2, 0) is 5.54 Å². The maximum absolute atomic E-state index is 12.9. The number of hydrogen-bond acceptors (Lipinski definition) is 5. The van der Waals surface area contributed by atoms with Crippen LogP contribution in [0.4, 0.5) is 5.13 Å². The number of benzene rings is 1. The first-order valence-electron chi connectivity index (χ1n) is 9.81. The summed E-state index contributed by atoms with van der Waals surface area (Å²) in [7, 11) is 0. The van der Waals surface area contributed by atoms with Gasteiger partial charge in [-0.05, 0) is 45.7 Å². The molecular weight excluding hydrogens is 386 g/mol. The molecule has 0 saturated carbocycles. The summed E-state index contributed by atoms with van der Waals surface area (Å²) in [6.45, 7) is 10.1. The first kappa shape index (κ1) is 21.0. The molecule has 8 heteroatoms. The number of anilines is 1. The molecule has 0 aliphatic heterocycles. The Kier molecular flexibility index (Phi) is 6.02. The highest BCUT2D eigenvalue weighted by molar-refractivity contribution is 7.22. The SMILES string of the molecule is CCC(CC)NC(=O)c1nn(C(C)(C)C)c2nc(NC(=O)c3ccccc3)sc12. The van der Waals surface area contributed by atoms with Crippen molar-refractivity contribution in [2.45, 2.75) is 59.0 Å². The zero-order chi connectivity index (χ0) is 21.2. The van der Waals surface area contributed by atoms with E-state index in [-0.39, 0.29) is 23.4 Å². The molecule has 1 aromatic carbocycles. The molecule has 0 aliphatic carbocycles. The lowest BCUT2D eigenvalue weighted by Crippen LogP contribution is -2.34. The van der Waals surface area contributed by atoms with Crippen molar-refractivity contribution < 1.29 is 9.59 Å². The Bertz CT molecular complexity index is 1010. The second-order valence-corrected chi connectivity index (χ2v) is 8.91. The van der Waals surface area contributed by atoms with Crippen LogP contribution >= 0.6 is 11.3 Å². The number of nitrogens with zero attached hydrogens (tertiary/aromatic N) is 3. The summed E-state index contributed by atoms with van der Waals surface area (Å²) in [6, 6.07) is 9.07. The van der Waals surface area contributed by atoms with Crippen molar-refractivity contribution in [3.05, 3.63) is 41.6 Å². The predicted molar refractivity (Wildman–Crippen MR) is 117 cm³/mol. The first-order valence-corrected chi connectivity index (χ1v) is 10.6. The summed E-state index contributed by atoms with van der Waals surface area (Å²) < 4.78 is 2.42. The van der Waals surface area contributed by atoms with Gasteiger partial charge >= 0.3 is 0 Å². The summed E-state index contributed by atoms with van der Waals surface area (Å²) in [4.78, 5) is 29.9. The fraction of sp³-hybridized carbons (Fsp3) is 0.429. The normalized spacial score (nSPS) is 11.8. The van der Waals surface area contributed by atoms with Gasteiger partial charge in [0.1, 0.15) is 4.70 Å². The second kappa shape index (κ2) is 8.32. The number of rotatable bonds is 6. The molecule has 3 aromatic rings. The summed E-state index contributed by atoms with van der Waals surface area (Å²) in [6.07, 6.45) is 1.71. The van der Waals surface area contributed by atoms with Gasteiger partial charge in [-0.3, -0.25) is 14.9 Å². The minimum absolute atomic E-state index is 0.0995. The van der Waals surface area contributed by atoms with E-state index in [1.54, 1.807) is 16.8 Å². The van der Waals surface area contributed by atoms with Gasteiger partial charge in [0.05, 0.1) is 5.54 Å². The van der Waals surface area contributed by atoms with E-state index in [4.69, 9.17) is 0 Å². The Morgan fingerprint density at radius 1 is 1.10 bits per heavy atom. The topological polar surface area (TPSA) is 88.9 Å². The molecule has 2 heterocycles. The van der Waals surface area contributed by atoms with Crippen LogP contribution in [0.3, 0.4) is 0 Å². The molecular formula is C21H27N5O2S. The van der Waals surface area contributed by atoms with Crippen LogP contribution in [-0.4, -0.2) is 32.6 Å². The maximum atomic E-state index is 12.9. The highest BCUT2D eigenvalue weighted by Gasteiger charge is 2.28. The molecule has 0 unspecified atom stereocenters. The van der Waals surface area contributed by atoms with E-state index in [1.807, 2.05) is 52.8 Å². The maximum Gasteiger partial charge on any atom is 0.273 e. The van der Waals surface area contributed by atoms with Gasteiger partial charge in [0.25, 0.3) is 11.8 Å². The van der Waals surface area contributed by atoms with E-state index in [9.17, 15) is 9.59 Å². The van der Waals surface area contributed by atoms with Crippen molar-refractivity contribution in [1.29, 1.82) is 0 Å². The van der Waals surface area contributed by atoms with Gasteiger partial charge in [-0.25, -0.2) is 4.68 Å². The van der Waals surface area contributed by atoms with E-state index < -0.39 is 0 Å². The molecule has 0 atom stereocenters. The Morgan fingerprint density at radius 3 is 2.34 bits per heavy atom. The average molecular weight is 414 g/mol. The highest BCUT2D eigenvalue weighted by Crippen LogP contribution is 2.32. The van der Waals surface area contributed by atoms with Gasteiger partial charge < -0.3 is 5.32 Å². The number of nitrogens with one attached hydrogen (secondary N) is 2. The van der Waals surface area contributed by atoms with Gasteiger partial charge in [0.2, 0.25) is 0 Å². The number of hydrogen-bond donors (Lipinski definition) is 2. The quantitative estimate of drug-likeness (QED) is 0.626. The third-order valence-corrected chi connectivity index (χ3v) is 5.62. The van der Waals surface area contributed by atoms with E-state index >= 15 is 0 Å². The number of carbonyl (C=O) groups excluding carboxylic acids is 2. The summed E-state index contributed by atoms with van der Waals surface area (Å²) in [5.41, 5.74) is 1.14. The van der Waals surface area contributed by atoms with Crippen LogP contribution in [0.1, 0.15) is 68.3 Å². The smallest absolute Gasteiger partial charge is 0.273 e. The van der Waals surface area contributed by atoms with Gasteiger partial charge in [-0.15, -0.1) is 0 Å². The average Bonchev–Trinajstić information content (AvgIpc) is 3.24. The van der Waals surface area contributed by atoms with Crippen LogP contribution in [0.25, 0.3) is 10.3 Å². The van der Waals surface area contributed by atoms with Gasteiger partial charge in [-0.2, -0.15) is 10.1 Å². The number of thiazole rings is 1. The van der Waals surface area contributed by atoms with E-state index in [0.29, 0.717) is 26.7 Å². The highest BCUT2D eigenvalue weighted by atomic mass is 32.1. The number of carbonyl (C=O) groups is 2. The molecule has 0 radical (unpaired) electrons. The number of amides is 2. The third-order valence-electron chi connectivity index (χ3n) is 4.65. The molecule has 0 saturated heterocycles. The molecule has 2 amide bonds. The van der Waals surface area contributed by atoms with Gasteiger partial charge in [0.15, 0.2) is 16.5 Å². The van der Waals surface area contributed by atoms with Gasteiger partial charge in [-0.1, -0.05) is 43.4 Å². The molecule has 0 spiro atoms. The minimum Gasteiger partial charge on any atom is -0.348 e. The van der Waals surface area contributed by atoms with Crippen LogP contribution in [0, 0.1) is 0 Å². The van der Waals surface area contributed by atoms with E-state index in [1.165, 1.54) is 11.3 Å². The zero-order valence-electron chi connectivity index (χ0n) is 17.4. The van der Waals surface area contributed by atoms with E-state index in [2.05, 4.69) is 20.7 Å². The summed E-state index contributed by atoms with van der Waals surface area (Å²) in [5, 5.41) is 10.9. The van der Waals surface area contributed by atoms with Crippen molar-refractivity contribution in [3.63, 3.8) is 0 Å². The van der Waals surface area contributed by atoms with Crippen LogP contribution in [0.15, 0.2) is 30.3 Å². The van der Waals surface area contributed by atoms with Crippen LogP contribution in [0.5, 0.6) is 0 Å². The van der Waals surface area contributed by atoms with Crippen molar-refractivity contribution in [1.82, 2.24) is 20.1 Å². The monoisotopic (exact) mass is 413 g/mol. The molecule has 0 aliphatic rings. The molecule has 29 heavy (non-hydrogen) atoms. The van der Waals surface area contributed by atoms with Crippen molar-refractivity contribution in [2.75, 3.05) is 5.32 Å². The van der Waals surface area contributed by atoms with E-state index in [0.717, 1.165) is 12.8 Å². The van der Waals surface area contributed by atoms with Crippen molar-refractivity contribution in [2.24, 2.45) is 0 Å². The standard InChI is InChI=1S/C21H27N5O2S/c1-6-14(7-2)22-19(28)15-16-17(26(25-15)21(3,4)5)23-20(29-16)24-18(27)13-11-9-8-10-12-13/h8-12,14H,6-7H2,1-5H3,(H,22,28)(H,23,24,27). The summed E-state index contributed by atoms with van der Waals surface area (Å²) in [5.74, 6) is -0.448. The lowest BCUT2D eigenvalue weighted by Gasteiger charge is -2.19. The third kappa shape index (κ3) is 4.48. The molecule has 2 aromatic heterocycles. The largest absolute Gasteiger partial charge is 0.348 e. The Morgan fingerprint density at radius 2 is 1.76 bits per heavy atom. The molecule has 154 valence electrons. The van der Waals surface area contributed by atoms with Crippen molar-refractivity contribution in [3.8, 4) is 0 Å². The fourth-order valence-corrected chi connectivity index (χ4v) is 3.90. The lowest BCUT2D eigenvalue weighted by atomic mass is 10.1. The van der Waals surface area contributed by atoms with Crippen LogP contribution < -0.4 is 10.6 Å². The second-order valence-electron chi connectivity index (χ2n) is 7.91. The minimum atomic E-state index is -0.361. The molecule has 3 rings (SSSR count). The molecule has 0 bridgehead atoms. The van der Waals surface area contributed by atoms with Gasteiger partial charge in [0, 0.05) is 11.6 Å². The number of fused-ring (bicyclic) bond motifs is 1. The summed E-state index contributed by atoms with van der Waals surface area (Å²) >= 11 is 1.27. The predicted octanol–water partition coefficient (Wildman–Crippen LogP) is 4.42. The fourth-order valence-electron chi connectivity index (χ4n) is 2.98. The molecule has 2 N–H and O–H groups in total. The Balaban J connectivity index is 1.98. The first-order chi connectivity index (χ1) is 13.7. The van der Waals surface area contributed by atoms with Crippen molar-refractivity contribution >= 4 is 38.6 Å². The lowest BCUT2D eigenvalue weighted by molar-refractivity contribution is 0.0929. The van der Waals surface area contributed by atoms with Crippen LogP contribution in [0.2, 0.25) is 0 Å². The number of aromatic nitrogens is 3. The Hall–Kier alpha value is -2.74. The molecule has 0 fully saturated rings.